The van der Waals surface area contributed by atoms with Gasteiger partial charge in [-0.15, -0.1) is 24.0 Å². The molecule has 1 N–H and O–H groups in total. The van der Waals surface area contributed by atoms with Gasteiger partial charge < -0.3 is 15.0 Å². The number of nitrogens with one attached hydrogen (secondary N) is 1. The highest BCUT2D eigenvalue weighted by Gasteiger charge is 2.36. The van der Waals surface area contributed by atoms with E-state index in [9.17, 15) is 13.2 Å². The number of ether oxygens (including phenoxy) is 1. The van der Waals surface area contributed by atoms with Gasteiger partial charge in [0.05, 0.1) is 6.61 Å². The lowest BCUT2D eigenvalue weighted by molar-refractivity contribution is -0.142. The summed E-state index contributed by atoms with van der Waals surface area (Å²) in [5, 5.41) is 6.47. The molecular formula is C18H25F3IN5O. The Hall–Kier alpha value is -1.98. The van der Waals surface area contributed by atoms with Crippen LogP contribution in [0.25, 0.3) is 0 Å². The number of benzene rings is 1. The molecule has 0 unspecified atom stereocenters. The Morgan fingerprint density at radius 3 is 2.46 bits per heavy atom. The Bertz CT molecular complexity index is 775. The van der Waals surface area contributed by atoms with Gasteiger partial charge in [0.2, 0.25) is 0 Å². The predicted molar refractivity (Wildman–Crippen MR) is 113 cm³/mol. The fourth-order valence-electron chi connectivity index (χ4n) is 2.67. The Morgan fingerprint density at radius 2 is 1.93 bits per heavy atom. The van der Waals surface area contributed by atoms with Crippen molar-refractivity contribution in [3.8, 4) is 5.75 Å². The van der Waals surface area contributed by atoms with Crippen LogP contribution in [0.3, 0.4) is 0 Å². The van der Waals surface area contributed by atoms with Gasteiger partial charge in [0, 0.05) is 46.0 Å². The first-order chi connectivity index (χ1) is 12.7. The molecule has 1 aromatic carbocycles. The minimum absolute atomic E-state index is 0. The zero-order chi connectivity index (χ0) is 20.0. The highest BCUT2D eigenvalue weighted by Crippen LogP contribution is 2.30. The minimum atomic E-state index is -4.49. The van der Waals surface area contributed by atoms with E-state index in [1.54, 1.807) is 7.05 Å². The quantitative estimate of drug-likeness (QED) is 0.366. The highest BCUT2D eigenvalue weighted by molar-refractivity contribution is 14.0. The Morgan fingerprint density at radius 1 is 1.29 bits per heavy atom. The van der Waals surface area contributed by atoms with Gasteiger partial charge in [0.1, 0.15) is 5.75 Å². The van der Waals surface area contributed by atoms with Crippen molar-refractivity contribution in [3.63, 3.8) is 0 Å². The van der Waals surface area contributed by atoms with Crippen LogP contribution in [0.2, 0.25) is 0 Å². The summed E-state index contributed by atoms with van der Waals surface area (Å²) in [5.74, 6) is 1.28. The molecule has 0 amide bonds. The molecule has 28 heavy (non-hydrogen) atoms. The van der Waals surface area contributed by atoms with Crippen LogP contribution in [0.4, 0.5) is 13.2 Å². The molecule has 1 aromatic heterocycles. The van der Waals surface area contributed by atoms with Crippen molar-refractivity contribution < 1.29 is 17.9 Å². The van der Waals surface area contributed by atoms with Crippen molar-refractivity contribution in [3.05, 3.63) is 47.3 Å². The second-order valence-corrected chi connectivity index (χ2v) is 6.01. The summed E-state index contributed by atoms with van der Waals surface area (Å²) in [6.07, 6.45) is -3.13. The number of rotatable bonds is 6. The van der Waals surface area contributed by atoms with E-state index in [0.717, 1.165) is 16.0 Å². The summed E-state index contributed by atoms with van der Waals surface area (Å²) in [4.78, 5) is 5.98. The van der Waals surface area contributed by atoms with Crippen LogP contribution in [-0.4, -0.2) is 41.3 Å². The molecule has 1 heterocycles. The van der Waals surface area contributed by atoms with Crippen molar-refractivity contribution in [1.29, 1.82) is 0 Å². The summed E-state index contributed by atoms with van der Waals surface area (Å²) in [5.41, 5.74) is 0.212. The average molecular weight is 511 g/mol. The Kier molecular flexibility index (Phi) is 9.05. The third kappa shape index (κ3) is 6.57. The van der Waals surface area contributed by atoms with Crippen molar-refractivity contribution in [2.24, 2.45) is 12.0 Å². The third-order valence-corrected chi connectivity index (χ3v) is 3.84. The minimum Gasteiger partial charge on any atom is -0.494 e. The predicted octanol–water partition coefficient (Wildman–Crippen LogP) is 3.66. The van der Waals surface area contributed by atoms with E-state index >= 15 is 0 Å². The third-order valence-electron chi connectivity index (χ3n) is 3.84. The maximum Gasteiger partial charge on any atom is 0.435 e. The fourth-order valence-corrected chi connectivity index (χ4v) is 2.67. The van der Waals surface area contributed by atoms with Crippen LogP contribution in [-0.2, 0) is 26.3 Å². The second-order valence-electron chi connectivity index (χ2n) is 6.01. The number of nitrogens with zero attached hydrogens (tertiary/aromatic N) is 4. The average Bonchev–Trinajstić information content (AvgIpc) is 2.98. The maximum atomic E-state index is 13.0. The Balaban J connectivity index is 0.00000392. The molecule has 0 saturated heterocycles. The van der Waals surface area contributed by atoms with Crippen molar-refractivity contribution in [1.82, 2.24) is 20.0 Å². The number of hydrogen-bond acceptors (Lipinski definition) is 3. The molecule has 0 spiro atoms. The van der Waals surface area contributed by atoms with Gasteiger partial charge in [-0.25, -0.2) is 0 Å². The van der Waals surface area contributed by atoms with Gasteiger partial charge in [0.25, 0.3) is 0 Å². The monoisotopic (exact) mass is 511 g/mol. The van der Waals surface area contributed by atoms with Crippen LogP contribution in [0.5, 0.6) is 5.75 Å². The Labute approximate surface area is 179 Å². The first kappa shape index (κ1) is 24.1. The fraction of sp³-hybridized carbons (Fsp3) is 0.444. The largest absolute Gasteiger partial charge is 0.494 e. The molecule has 6 nitrogen and oxygen atoms in total. The van der Waals surface area contributed by atoms with E-state index in [1.807, 2.05) is 43.1 Å². The molecule has 156 valence electrons. The number of guanidine groups is 1. The van der Waals surface area contributed by atoms with E-state index in [0.29, 0.717) is 19.1 Å². The van der Waals surface area contributed by atoms with Gasteiger partial charge in [-0.1, -0.05) is 12.1 Å². The summed E-state index contributed by atoms with van der Waals surface area (Å²) >= 11 is 0. The smallest absolute Gasteiger partial charge is 0.435 e. The van der Waals surface area contributed by atoms with Crippen LogP contribution in [0.1, 0.15) is 23.7 Å². The first-order valence-electron chi connectivity index (χ1n) is 8.47. The first-order valence-corrected chi connectivity index (χ1v) is 8.47. The molecule has 2 rings (SSSR count). The normalized spacial score (nSPS) is 11.8. The van der Waals surface area contributed by atoms with E-state index in [2.05, 4.69) is 15.4 Å². The van der Waals surface area contributed by atoms with Crippen molar-refractivity contribution in [2.75, 3.05) is 20.7 Å². The molecule has 0 bridgehead atoms. The van der Waals surface area contributed by atoms with Gasteiger partial charge in [0.15, 0.2) is 11.7 Å². The zero-order valence-corrected chi connectivity index (χ0v) is 18.6. The zero-order valence-electron chi connectivity index (χ0n) is 16.2. The van der Waals surface area contributed by atoms with Crippen molar-refractivity contribution in [2.45, 2.75) is 26.2 Å². The molecular weight excluding hydrogens is 486 g/mol. The molecule has 2 aromatic rings. The molecule has 0 fully saturated rings. The highest BCUT2D eigenvalue weighted by atomic mass is 127. The van der Waals surface area contributed by atoms with Crippen LogP contribution in [0, 0.1) is 0 Å². The van der Waals surface area contributed by atoms with Crippen LogP contribution >= 0.6 is 24.0 Å². The lowest BCUT2D eigenvalue weighted by atomic mass is 10.2. The number of aryl methyl sites for hydroxylation is 1. The van der Waals surface area contributed by atoms with Gasteiger partial charge in [-0.2, -0.15) is 18.3 Å². The van der Waals surface area contributed by atoms with E-state index in [-0.39, 0.29) is 36.1 Å². The lowest BCUT2D eigenvalue weighted by Crippen LogP contribution is -2.38. The van der Waals surface area contributed by atoms with Gasteiger partial charge in [-0.3, -0.25) is 9.67 Å². The van der Waals surface area contributed by atoms with Gasteiger partial charge in [-0.05, 0) is 24.6 Å². The number of aliphatic imine (C=N–C) groups is 1. The van der Waals surface area contributed by atoms with E-state index in [4.69, 9.17) is 4.74 Å². The summed E-state index contributed by atoms with van der Waals surface area (Å²) in [7, 11) is 4.87. The molecule has 0 aliphatic carbocycles. The molecule has 0 aliphatic rings. The lowest BCUT2D eigenvalue weighted by Gasteiger charge is -2.22. The van der Waals surface area contributed by atoms with Gasteiger partial charge >= 0.3 is 6.18 Å². The second kappa shape index (κ2) is 10.5. The van der Waals surface area contributed by atoms with Crippen molar-refractivity contribution >= 4 is 29.9 Å². The number of hydrogen-bond donors (Lipinski definition) is 1. The number of aromatic nitrogens is 2. The van der Waals surface area contributed by atoms with Crippen LogP contribution in [0.15, 0.2) is 35.5 Å². The standard InChI is InChI=1S/C18H24F3N5O.HI/c1-5-27-15-8-6-13(7-9-15)11-25(3)17(22-2)23-10-14-12-26(4)24-16(14)18(19,20)21;/h6-9,12H,5,10-11H2,1-4H3,(H,22,23);1H. The molecule has 0 atom stereocenters. The van der Waals surface area contributed by atoms with E-state index < -0.39 is 11.9 Å². The molecule has 0 aliphatic heterocycles. The topological polar surface area (TPSA) is 54.7 Å². The van der Waals surface area contributed by atoms with Crippen LogP contribution < -0.4 is 10.1 Å². The number of alkyl halides is 3. The maximum absolute atomic E-state index is 13.0. The summed E-state index contributed by atoms with van der Waals surface area (Å²) in [6, 6.07) is 7.65. The van der Waals surface area contributed by atoms with E-state index in [1.165, 1.54) is 13.2 Å². The molecule has 10 heteroatoms. The summed E-state index contributed by atoms with van der Waals surface area (Å²) < 4.78 is 45.7. The molecule has 0 radical (unpaired) electrons. The number of halogens is 4. The SMILES string of the molecule is CCOc1ccc(CN(C)C(=NC)NCc2cn(C)nc2C(F)(F)F)cc1.I. The summed E-state index contributed by atoms with van der Waals surface area (Å²) in [6.45, 7) is 3.04. The molecule has 0 saturated carbocycles.